The Kier molecular flexibility index (Phi) is 3.76. The monoisotopic (exact) mass is 294 g/mol. The number of hydrogen-bond acceptors (Lipinski definition) is 4. The fraction of sp³-hybridized carbons (Fsp3) is 0.118. The summed E-state index contributed by atoms with van der Waals surface area (Å²) < 4.78 is 6.40. The molecular weight excluding hydrogens is 280 g/mol. The largest absolute Gasteiger partial charge is 0.497 e. The van der Waals surface area contributed by atoms with Gasteiger partial charge in [-0.05, 0) is 29.0 Å². The van der Waals surface area contributed by atoms with Gasteiger partial charge in [0.05, 0.1) is 13.2 Å². The summed E-state index contributed by atoms with van der Waals surface area (Å²) in [6.07, 6.45) is 0. The van der Waals surface area contributed by atoms with E-state index < -0.39 is 0 Å². The lowest BCUT2D eigenvalue weighted by molar-refractivity contribution is 0.415. The number of nitrogens with zero attached hydrogens (tertiary/aromatic N) is 1. The maximum atomic E-state index is 9.51. The number of ether oxygens (including phenoxy) is 1. The molecule has 0 spiro atoms. The first-order valence-electron chi connectivity index (χ1n) is 6.58. The Morgan fingerprint density at radius 2 is 2.05 bits per heavy atom. The molecule has 1 N–H and O–H groups in total. The van der Waals surface area contributed by atoms with Gasteiger partial charge in [-0.2, -0.15) is 5.26 Å². The number of rotatable bonds is 4. The number of benzene rings is 2. The van der Waals surface area contributed by atoms with Crippen molar-refractivity contribution in [1.82, 2.24) is 0 Å². The quantitative estimate of drug-likeness (QED) is 0.765. The molecule has 0 radical (unpaired) electrons. The Morgan fingerprint density at radius 3 is 2.86 bits per heavy atom. The van der Waals surface area contributed by atoms with E-state index in [0.29, 0.717) is 0 Å². The van der Waals surface area contributed by atoms with Crippen molar-refractivity contribution in [2.75, 3.05) is 12.4 Å². The summed E-state index contributed by atoms with van der Waals surface area (Å²) in [6, 6.07) is 17.7. The second kappa shape index (κ2) is 5.86. The van der Waals surface area contributed by atoms with Crippen LogP contribution in [0.5, 0.6) is 5.75 Å². The summed E-state index contributed by atoms with van der Waals surface area (Å²) in [7, 11) is 1.63. The third kappa shape index (κ3) is 2.69. The highest BCUT2D eigenvalue weighted by Crippen LogP contribution is 2.32. The zero-order valence-electron chi connectivity index (χ0n) is 11.5. The molecule has 0 aliphatic carbocycles. The Hall–Kier alpha value is -2.51. The van der Waals surface area contributed by atoms with Crippen molar-refractivity contribution in [1.29, 1.82) is 5.26 Å². The number of thiophene rings is 1. The fourth-order valence-corrected chi connectivity index (χ4v) is 3.27. The summed E-state index contributed by atoms with van der Waals surface area (Å²) >= 11 is 1.66. The van der Waals surface area contributed by atoms with Crippen molar-refractivity contribution in [2.45, 2.75) is 6.04 Å². The van der Waals surface area contributed by atoms with Crippen LogP contribution in [0.4, 0.5) is 5.69 Å². The molecule has 1 atom stereocenters. The van der Waals surface area contributed by atoms with Crippen molar-refractivity contribution in [3.8, 4) is 11.8 Å². The summed E-state index contributed by atoms with van der Waals surface area (Å²) in [4.78, 5) is 0. The van der Waals surface area contributed by atoms with Crippen molar-refractivity contribution in [3.63, 3.8) is 0 Å². The van der Waals surface area contributed by atoms with Crippen LogP contribution >= 0.6 is 11.3 Å². The molecule has 3 nitrogen and oxygen atoms in total. The molecule has 0 bridgehead atoms. The van der Waals surface area contributed by atoms with Crippen LogP contribution in [0.25, 0.3) is 10.1 Å². The van der Waals surface area contributed by atoms with Gasteiger partial charge in [0, 0.05) is 22.0 Å². The molecule has 1 unspecified atom stereocenters. The number of nitrogens with one attached hydrogen (secondary N) is 1. The van der Waals surface area contributed by atoms with Gasteiger partial charge in [0.25, 0.3) is 0 Å². The van der Waals surface area contributed by atoms with Crippen molar-refractivity contribution in [3.05, 3.63) is 59.5 Å². The lowest BCUT2D eigenvalue weighted by Crippen LogP contribution is -2.07. The molecular formula is C17H14N2OS. The number of hydrogen-bond donors (Lipinski definition) is 1. The first-order chi connectivity index (χ1) is 10.3. The number of methoxy groups -OCH3 is 1. The molecule has 21 heavy (non-hydrogen) atoms. The Balaban J connectivity index is 1.93. The van der Waals surface area contributed by atoms with E-state index in [-0.39, 0.29) is 6.04 Å². The van der Waals surface area contributed by atoms with E-state index in [2.05, 4.69) is 23.5 Å². The van der Waals surface area contributed by atoms with E-state index in [1.165, 1.54) is 4.70 Å². The van der Waals surface area contributed by atoms with E-state index in [1.54, 1.807) is 18.4 Å². The molecule has 1 aromatic heterocycles. The van der Waals surface area contributed by atoms with E-state index in [0.717, 1.165) is 22.4 Å². The predicted octanol–water partition coefficient (Wildman–Crippen LogP) is 4.59. The predicted molar refractivity (Wildman–Crippen MR) is 86.8 cm³/mol. The van der Waals surface area contributed by atoms with Gasteiger partial charge in [0.15, 0.2) is 0 Å². The smallest absolute Gasteiger partial charge is 0.141 e. The molecule has 2 aromatic carbocycles. The van der Waals surface area contributed by atoms with Gasteiger partial charge in [0.1, 0.15) is 11.8 Å². The zero-order valence-corrected chi connectivity index (χ0v) is 12.4. The summed E-state index contributed by atoms with van der Waals surface area (Å²) in [5.74, 6) is 0.770. The van der Waals surface area contributed by atoms with Crippen LogP contribution in [0.1, 0.15) is 11.6 Å². The third-order valence-corrected chi connectivity index (χ3v) is 4.31. The number of nitriles is 1. The van der Waals surface area contributed by atoms with E-state index in [9.17, 15) is 5.26 Å². The van der Waals surface area contributed by atoms with Crippen LogP contribution in [0.3, 0.4) is 0 Å². The summed E-state index contributed by atoms with van der Waals surface area (Å²) in [5.41, 5.74) is 1.89. The molecule has 0 amide bonds. The van der Waals surface area contributed by atoms with Crippen molar-refractivity contribution in [2.24, 2.45) is 0 Å². The van der Waals surface area contributed by atoms with Gasteiger partial charge >= 0.3 is 0 Å². The maximum absolute atomic E-state index is 9.51. The number of anilines is 1. The molecule has 0 fully saturated rings. The Morgan fingerprint density at radius 1 is 1.19 bits per heavy atom. The van der Waals surface area contributed by atoms with E-state index in [1.807, 2.05) is 41.8 Å². The minimum Gasteiger partial charge on any atom is -0.497 e. The van der Waals surface area contributed by atoms with Crippen LogP contribution in [0, 0.1) is 11.3 Å². The highest BCUT2D eigenvalue weighted by molar-refractivity contribution is 7.17. The van der Waals surface area contributed by atoms with Gasteiger partial charge < -0.3 is 10.1 Å². The van der Waals surface area contributed by atoms with Gasteiger partial charge in [-0.3, -0.25) is 0 Å². The van der Waals surface area contributed by atoms with Crippen LogP contribution in [0.15, 0.2) is 53.9 Å². The maximum Gasteiger partial charge on any atom is 0.141 e. The third-order valence-electron chi connectivity index (χ3n) is 3.33. The first-order valence-corrected chi connectivity index (χ1v) is 7.46. The second-order valence-electron chi connectivity index (χ2n) is 4.63. The van der Waals surface area contributed by atoms with Crippen molar-refractivity contribution >= 4 is 27.1 Å². The van der Waals surface area contributed by atoms with E-state index >= 15 is 0 Å². The molecule has 3 aromatic rings. The highest BCUT2D eigenvalue weighted by atomic mass is 32.1. The van der Waals surface area contributed by atoms with Gasteiger partial charge in [-0.15, -0.1) is 11.3 Å². The minimum atomic E-state index is -0.381. The molecule has 104 valence electrons. The molecule has 1 heterocycles. The second-order valence-corrected chi connectivity index (χ2v) is 5.54. The first kappa shape index (κ1) is 13.5. The summed E-state index contributed by atoms with van der Waals surface area (Å²) in [5, 5.41) is 15.9. The topological polar surface area (TPSA) is 45.0 Å². The summed E-state index contributed by atoms with van der Waals surface area (Å²) in [6.45, 7) is 0. The van der Waals surface area contributed by atoms with Crippen molar-refractivity contribution < 1.29 is 4.74 Å². The molecule has 4 heteroatoms. The van der Waals surface area contributed by atoms with Gasteiger partial charge in [-0.25, -0.2) is 0 Å². The van der Waals surface area contributed by atoms with Crippen LogP contribution in [-0.2, 0) is 0 Å². The van der Waals surface area contributed by atoms with Gasteiger partial charge in [0.2, 0.25) is 0 Å². The molecule has 0 aliphatic heterocycles. The van der Waals surface area contributed by atoms with Crippen LogP contribution in [-0.4, -0.2) is 7.11 Å². The lowest BCUT2D eigenvalue weighted by Gasteiger charge is -2.13. The Labute approximate surface area is 127 Å². The zero-order chi connectivity index (χ0) is 14.7. The average Bonchev–Trinajstić information content (AvgIpc) is 2.97. The molecule has 0 saturated carbocycles. The SMILES string of the molecule is COc1cccc(NC(C#N)c2csc3ccccc23)c1. The van der Waals surface area contributed by atoms with E-state index in [4.69, 9.17) is 4.74 Å². The lowest BCUT2D eigenvalue weighted by atomic mass is 10.1. The average molecular weight is 294 g/mol. The normalized spacial score (nSPS) is 11.8. The van der Waals surface area contributed by atoms with Gasteiger partial charge in [-0.1, -0.05) is 24.3 Å². The molecule has 3 rings (SSSR count). The fourth-order valence-electron chi connectivity index (χ4n) is 2.28. The molecule has 0 saturated heterocycles. The van der Waals surface area contributed by atoms with Crippen LogP contribution < -0.4 is 10.1 Å². The Bertz CT molecular complexity index is 804. The van der Waals surface area contributed by atoms with Crippen LogP contribution in [0.2, 0.25) is 0 Å². The standard InChI is InChI=1S/C17H14N2OS/c1-20-13-6-4-5-12(9-13)19-16(10-18)15-11-21-17-8-3-2-7-14(15)17/h2-9,11,16,19H,1H3. The highest BCUT2D eigenvalue weighted by Gasteiger charge is 2.15. The minimum absolute atomic E-state index is 0.381. The number of fused-ring (bicyclic) bond motifs is 1. The molecule has 0 aliphatic rings.